The number of amides is 1. The molecule has 240 valence electrons. The van der Waals surface area contributed by atoms with Gasteiger partial charge in [-0.15, -0.1) is 0 Å². The standard InChI is InChI=1S/C33H35F2N3O2.C5H12/c1-22-7-4-5-10-30(22)38(19-33(35)20-40-21-33)24(3)25-13-15-37(16-14-25)32(39)27-11-12-29(23(2)17-27)31(36)26-8-6-9-28(34)18-26;1-4-5(2)3/h4-12,17-18,25,36H,3,13-16,19-21H2,1-2H3;5H,4H2,1-3H3. The summed E-state index contributed by atoms with van der Waals surface area (Å²) in [5.74, 6) is 0.571. The largest absolute Gasteiger partial charge is 0.374 e. The molecule has 0 radical (unpaired) electrons. The van der Waals surface area contributed by atoms with Crippen molar-refractivity contribution >= 4 is 17.3 Å². The zero-order valence-corrected chi connectivity index (χ0v) is 27.3. The zero-order chi connectivity index (χ0) is 32.7. The number of para-hydroxylation sites is 1. The minimum absolute atomic E-state index is 0.0545. The van der Waals surface area contributed by atoms with Gasteiger partial charge in [-0.1, -0.05) is 70.2 Å². The fraction of sp³-hybridized carbons (Fsp3) is 0.421. The number of anilines is 1. The van der Waals surface area contributed by atoms with Crippen molar-refractivity contribution in [2.75, 3.05) is 37.7 Å². The van der Waals surface area contributed by atoms with Gasteiger partial charge in [0, 0.05) is 47.1 Å². The highest BCUT2D eigenvalue weighted by atomic mass is 19.1. The second-order valence-electron chi connectivity index (χ2n) is 12.8. The van der Waals surface area contributed by atoms with Gasteiger partial charge in [0.2, 0.25) is 0 Å². The second kappa shape index (κ2) is 15.0. The molecule has 0 unspecified atom stereocenters. The Balaban J connectivity index is 0.000000854. The van der Waals surface area contributed by atoms with Gasteiger partial charge < -0.3 is 14.5 Å². The molecule has 5 nitrogen and oxygen atoms in total. The molecule has 1 amide bonds. The first kappa shape index (κ1) is 34.0. The first-order valence-electron chi connectivity index (χ1n) is 16.0. The summed E-state index contributed by atoms with van der Waals surface area (Å²) < 4.78 is 34.0. The molecule has 7 heteroatoms. The number of likely N-dealkylation sites (tertiary alicyclic amines) is 1. The fourth-order valence-corrected chi connectivity index (χ4v) is 5.60. The van der Waals surface area contributed by atoms with Crippen LogP contribution in [0.4, 0.5) is 14.5 Å². The molecule has 0 aromatic heterocycles. The number of aryl methyl sites for hydroxylation is 2. The molecule has 0 aliphatic carbocycles. The molecule has 45 heavy (non-hydrogen) atoms. The SMILES string of the molecule is C=C(C1CCN(C(=O)c2ccc(C(=N)c3cccc(F)c3)c(C)c2)CC1)N(CC1(F)COC1)c1ccccc1C.CCC(C)C. The van der Waals surface area contributed by atoms with Crippen LogP contribution in [0.5, 0.6) is 0 Å². The molecule has 2 aliphatic heterocycles. The summed E-state index contributed by atoms with van der Waals surface area (Å²) in [6.45, 7) is 16.5. The number of nitrogens with zero attached hydrogens (tertiary/aromatic N) is 2. The first-order valence-corrected chi connectivity index (χ1v) is 16.0. The van der Waals surface area contributed by atoms with E-state index >= 15 is 4.39 Å². The number of rotatable bonds is 9. The molecule has 2 saturated heterocycles. The third-order valence-electron chi connectivity index (χ3n) is 8.84. The fourth-order valence-electron chi connectivity index (χ4n) is 5.60. The molecule has 3 aromatic carbocycles. The van der Waals surface area contributed by atoms with E-state index in [1.807, 2.05) is 47.9 Å². The number of ether oxygens (including phenoxy) is 1. The summed E-state index contributed by atoms with van der Waals surface area (Å²) in [6, 6.07) is 19.2. The Morgan fingerprint density at radius 2 is 1.69 bits per heavy atom. The van der Waals surface area contributed by atoms with Crippen LogP contribution < -0.4 is 4.90 Å². The van der Waals surface area contributed by atoms with Gasteiger partial charge in [-0.3, -0.25) is 10.2 Å². The molecule has 0 bridgehead atoms. The van der Waals surface area contributed by atoms with Crippen molar-refractivity contribution in [3.05, 3.63) is 113 Å². The molecule has 3 aromatic rings. The van der Waals surface area contributed by atoms with Crippen molar-refractivity contribution < 1.29 is 18.3 Å². The Labute approximate surface area is 267 Å². The molecule has 1 N–H and O–H groups in total. The Morgan fingerprint density at radius 1 is 1.02 bits per heavy atom. The van der Waals surface area contributed by atoms with Gasteiger partial charge in [0.1, 0.15) is 5.82 Å². The maximum absolute atomic E-state index is 15.2. The van der Waals surface area contributed by atoms with Crippen LogP contribution >= 0.6 is 0 Å². The number of allylic oxidation sites excluding steroid dienone is 1. The summed E-state index contributed by atoms with van der Waals surface area (Å²) in [4.78, 5) is 17.2. The lowest BCUT2D eigenvalue weighted by molar-refractivity contribution is -0.123. The van der Waals surface area contributed by atoms with Crippen molar-refractivity contribution in [1.82, 2.24) is 4.90 Å². The van der Waals surface area contributed by atoms with Crippen molar-refractivity contribution in [2.45, 2.75) is 59.5 Å². The van der Waals surface area contributed by atoms with E-state index in [1.54, 1.807) is 30.3 Å². The smallest absolute Gasteiger partial charge is 0.253 e. The predicted octanol–water partition coefficient (Wildman–Crippen LogP) is 8.52. The molecule has 2 aliphatic rings. The van der Waals surface area contributed by atoms with Crippen molar-refractivity contribution in [1.29, 1.82) is 5.41 Å². The summed E-state index contributed by atoms with van der Waals surface area (Å²) in [5, 5.41) is 8.52. The second-order valence-corrected chi connectivity index (χ2v) is 12.8. The maximum Gasteiger partial charge on any atom is 0.253 e. The van der Waals surface area contributed by atoms with Gasteiger partial charge >= 0.3 is 0 Å². The molecule has 0 saturated carbocycles. The van der Waals surface area contributed by atoms with Crippen LogP contribution in [-0.2, 0) is 4.74 Å². The predicted molar refractivity (Wildman–Crippen MR) is 180 cm³/mol. The van der Waals surface area contributed by atoms with Gasteiger partial charge in [0.25, 0.3) is 5.91 Å². The van der Waals surface area contributed by atoms with Gasteiger partial charge in [0.05, 0.1) is 25.5 Å². The monoisotopic (exact) mass is 615 g/mol. The lowest BCUT2D eigenvalue weighted by Crippen LogP contribution is -2.54. The number of carbonyl (C=O) groups is 1. The lowest BCUT2D eigenvalue weighted by Gasteiger charge is -2.43. The third kappa shape index (κ3) is 8.46. The van der Waals surface area contributed by atoms with E-state index in [-0.39, 0.29) is 43.1 Å². The Bertz CT molecular complexity index is 1510. The Hall–Kier alpha value is -3.84. The molecular weight excluding hydrogens is 568 g/mol. The normalized spacial score (nSPS) is 16.0. The number of hydrogen-bond donors (Lipinski definition) is 1. The molecule has 2 heterocycles. The highest BCUT2D eigenvalue weighted by molar-refractivity contribution is 6.12. The Morgan fingerprint density at radius 3 is 2.24 bits per heavy atom. The third-order valence-corrected chi connectivity index (χ3v) is 8.84. The van der Waals surface area contributed by atoms with E-state index < -0.39 is 5.67 Å². The highest BCUT2D eigenvalue weighted by Crippen LogP contribution is 2.35. The van der Waals surface area contributed by atoms with Crippen LogP contribution in [0.25, 0.3) is 0 Å². The average Bonchev–Trinajstić information content (AvgIpc) is 3.02. The van der Waals surface area contributed by atoms with Crippen molar-refractivity contribution in [2.24, 2.45) is 11.8 Å². The van der Waals surface area contributed by atoms with E-state index in [4.69, 9.17) is 10.1 Å². The van der Waals surface area contributed by atoms with Crippen LogP contribution in [0.2, 0.25) is 0 Å². The van der Waals surface area contributed by atoms with Crippen LogP contribution in [0.3, 0.4) is 0 Å². The van der Waals surface area contributed by atoms with Crippen LogP contribution in [-0.4, -0.2) is 55.0 Å². The van der Waals surface area contributed by atoms with Gasteiger partial charge in [-0.05, 0) is 74.1 Å². The van der Waals surface area contributed by atoms with Gasteiger partial charge in [-0.25, -0.2) is 8.78 Å². The summed E-state index contributed by atoms with van der Waals surface area (Å²) in [5.41, 5.74) is 4.23. The minimum atomic E-state index is -1.39. The molecule has 5 rings (SSSR count). The number of piperidine rings is 1. The van der Waals surface area contributed by atoms with Gasteiger partial charge in [0.15, 0.2) is 5.67 Å². The Kier molecular flexibility index (Phi) is 11.3. The van der Waals surface area contributed by atoms with Crippen molar-refractivity contribution in [3.8, 4) is 0 Å². The van der Waals surface area contributed by atoms with E-state index in [1.165, 1.54) is 18.6 Å². The maximum atomic E-state index is 15.2. The molecule has 0 atom stereocenters. The number of benzene rings is 3. The van der Waals surface area contributed by atoms with Crippen LogP contribution in [0.15, 0.2) is 79.0 Å². The quantitative estimate of drug-likeness (QED) is 0.246. The zero-order valence-electron chi connectivity index (χ0n) is 27.3. The van der Waals surface area contributed by atoms with Gasteiger partial charge in [-0.2, -0.15) is 0 Å². The number of hydrogen-bond acceptors (Lipinski definition) is 4. The van der Waals surface area contributed by atoms with E-state index in [0.29, 0.717) is 29.8 Å². The van der Waals surface area contributed by atoms with E-state index in [9.17, 15) is 9.18 Å². The summed E-state index contributed by atoms with van der Waals surface area (Å²) >= 11 is 0. The molecule has 2 fully saturated rings. The lowest BCUT2D eigenvalue weighted by atomic mass is 9.91. The number of nitrogens with one attached hydrogen (secondary N) is 1. The topological polar surface area (TPSA) is 56.6 Å². The average molecular weight is 616 g/mol. The van der Waals surface area contributed by atoms with E-state index in [2.05, 4.69) is 27.4 Å². The summed E-state index contributed by atoms with van der Waals surface area (Å²) in [7, 11) is 0. The van der Waals surface area contributed by atoms with E-state index in [0.717, 1.165) is 41.3 Å². The minimum Gasteiger partial charge on any atom is -0.374 e. The number of halogens is 2. The number of alkyl halides is 1. The number of carbonyl (C=O) groups excluding carboxylic acids is 1. The first-order chi connectivity index (χ1) is 21.4. The van der Waals surface area contributed by atoms with Crippen molar-refractivity contribution in [3.63, 3.8) is 0 Å². The van der Waals surface area contributed by atoms with Crippen LogP contribution in [0.1, 0.15) is 72.6 Å². The highest BCUT2D eigenvalue weighted by Gasteiger charge is 2.42. The summed E-state index contributed by atoms with van der Waals surface area (Å²) in [6.07, 6.45) is 2.79. The molecule has 0 spiro atoms. The molecular formula is C38H47F2N3O2. The van der Waals surface area contributed by atoms with Crippen LogP contribution in [0, 0.1) is 36.9 Å².